The monoisotopic (exact) mass is 332 g/mol. The minimum Gasteiger partial charge on any atom is -0.348 e. The molecule has 23 heavy (non-hydrogen) atoms. The van der Waals surface area contributed by atoms with Crippen LogP contribution in [-0.4, -0.2) is 36.0 Å². The van der Waals surface area contributed by atoms with Crippen LogP contribution in [0.25, 0.3) is 0 Å². The molecule has 3 nitrogen and oxygen atoms in total. The lowest BCUT2D eigenvalue weighted by Gasteiger charge is -2.21. The first-order chi connectivity index (χ1) is 10.6. The molecule has 2 atom stereocenters. The fourth-order valence-electron chi connectivity index (χ4n) is 2.81. The standard InChI is InChI=1S/C16H20F4N2O/c1-9(2)22-7-10(3)14(8-22)21-15(23)12-5-4-11(17)6-13(12)16(18,19)20/h4-6,9-10,14H,7-8H2,1-3H3,(H,21,23)/t10-,14+/m0/s1. The molecule has 1 aromatic carbocycles. The first-order valence-corrected chi connectivity index (χ1v) is 7.51. The lowest BCUT2D eigenvalue weighted by atomic mass is 10.0. The van der Waals surface area contributed by atoms with E-state index in [1.54, 1.807) is 0 Å². The molecule has 1 fully saturated rings. The molecular weight excluding hydrogens is 312 g/mol. The molecule has 1 aliphatic heterocycles. The minimum atomic E-state index is -4.78. The highest BCUT2D eigenvalue weighted by atomic mass is 19.4. The zero-order chi connectivity index (χ0) is 17.4. The Balaban J connectivity index is 2.19. The van der Waals surface area contributed by atoms with Crippen LogP contribution < -0.4 is 5.32 Å². The van der Waals surface area contributed by atoms with E-state index in [1.807, 2.05) is 20.8 Å². The Morgan fingerprint density at radius 2 is 1.96 bits per heavy atom. The van der Waals surface area contributed by atoms with Gasteiger partial charge in [-0.25, -0.2) is 4.39 Å². The van der Waals surface area contributed by atoms with Crippen molar-refractivity contribution in [3.05, 3.63) is 35.1 Å². The molecule has 1 heterocycles. The first kappa shape index (κ1) is 17.7. The quantitative estimate of drug-likeness (QED) is 0.862. The fraction of sp³-hybridized carbons (Fsp3) is 0.562. The highest BCUT2D eigenvalue weighted by Gasteiger charge is 2.37. The van der Waals surface area contributed by atoms with Crippen LogP contribution in [0.2, 0.25) is 0 Å². The van der Waals surface area contributed by atoms with Gasteiger partial charge in [-0.1, -0.05) is 6.92 Å². The average Bonchev–Trinajstić information content (AvgIpc) is 2.79. The molecule has 1 aromatic rings. The van der Waals surface area contributed by atoms with E-state index in [9.17, 15) is 22.4 Å². The molecule has 0 radical (unpaired) electrons. The number of hydrogen-bond donors (Lipinski definition) is 1. The number of benzene rings is 1. The maximum absolute atomic E-state index is 13.1. The van der Waals surface area contributed by atoms with Crippen LogP contribution in [0.5, 0.6) is 0 Å². The van der Waals surface area contributed by atoms with Crippen molar-refractivity contribution in [1.29, 1.82) is 0 Å². The number of rotatable bonds is 3. The molecule has 0 bridgehead atoms. The Bertz CT molecular complexity index is 586. The van der Waals surface area contributed by atoms with E-state index < -0.39 is 29.0 Å². The maximum atomic E-state index is 13.1. The summed E-state index contributed by atoms with van der Waals surface area (Å²) >= 11 is 0. The Morgan fingerprint density at radius 1 is 1.30 bits per heavy atom. The largest absolute Gasteiger partial charge is 0.417 e. The van der Waals surface area contributed by atoms with Gasteiger partial charge < -0.3 is 5.32 Å². The summed E-state index contributed by atoms with van der Waals surface area (Å²) in [7, 11) is 0. The van der Waals surface area contributed by atoms with Gasteiger partial charge in [0.1, 0.15) is 5.82 Å². The summed E-state index contributed by atoms with van der Waals surface area (Å²) in [6.07, 6.45) is -4.78. The molecule has 0 spiro atoms. The van der Waals surface area contributed by atoms with Crippen molar-refractivity contribution < 1.29 is 22.4 Å². The topological polar surface area (TPSA) is 32.3 Å². The smallest absolute Gasteiger partial charge is 0.348 e. The van der Waals surface area contributed by atoms with Gasteiger partial charge in [-0.15, -0.1) is 0 Å². The number of hydrogen-bond acceptors (Lipinski definition) is 2. The molecule has 128 valence electrons. The van der Waals surface area contributed by atoms with Crippen molar-refractivity contribution in [3.63, 3.8) is 0 Å². The number of nitrogens with one attached hydrogen (secondary N) is 1. The maximum Gasteiger partial charge on any atom is 0.417 e. The molecule has 1 amide bonds. The van der Waals surface area contributed by atoms with E-state index in [-0.39, 0.29) is 12.0 Å². The van der Waals surface area contributed by atoms with Gasteiger partial charge in [-0.3, -0.25) is 9.69 Å². The summed E-state index contributed by atoms with van der Waals surface area (Å²) < 4.78 is 52.1. The average molecular weight is 332 g/mol. The first-order valence-electron chi connectivity index (χ1n) is 7.51. The van der Waals surface area contributed by atoms with Gasteiger partial charge in [-0.05, 0) is 38.0 Å². The van der Waals surface area contributed by atoms with Gasteiger partial charge >= 0.3 is 6.18 Å². The number of alkyl halides is 3. The van der Waals surface area contributed by atoms with Crippen LogP contribution in [0.1, 0.15) is 36.7 Å². The van der Waals surface area contributed by atoms with Gasteiger partial charge in [0, 0.05) is 25.2 Å². The van der Waals surface area contributed by atoms with Gasteiger partial charge in [0.25, 0.3) is 5.91 Å². The molecule has 0 aliphatic carbocycles. The summed E-state index contributed by atoms with van der Waals surface area (Å²) in [5, 5.41) is 2.66. The van der Waals surface area contributed by atoms with Crippen LogP contribution in [-0.2, 0) is 6.18 Å². The lowest BCUT2D eigenvalue weighted by Crippen LogP contribution is -2.41. The third-order valence-electron chi connectivity index (χ3n) is 4.22. The Labute approximate surface area is 132 Å². The number of carbonyl (C=O) groups excluding carboxylic acids is 1. The fourth-order valence-corrected chi connectivity index (χ4v) is 2.81. The van der Waals surface area contributed by atoms with Crippen molar-refractivity contribution in [2.75, 3.05) is 13.1 Å². The van der Waals surface area contributed by atoms with Gasteiger partial charge in [0.2, 0.25) is 0 Å². The molecule has 1 aliphatic rings. The Morgan fingerprint density at radius 3 is 2.48 bits per heavy atom. The highest BCUT2D eigenvalue weighted by molar-refractivity contribution is 5.96. The third kappa shape index (κ3) is 4.02. The van der Waals surface area contributed by atoms with Gasteiger partial charge in [0.05, 0.1) is 11.1 Å². The second-order valence-corrected chi connectivity index (χ2v) is 6.29. The molecule has 1 N–H and O–H groups in total. The number of carbonyl (C=O) groups is 1. The van der Waals surface area contributed by atoms with Crippen LogP contribution in [0.4, 0.5) is 17.6 Å². The summed E-state index contributed by atoms with van der Waals surface area (Å²) in [6, 6.07) is 2.18. The molecule has 0 unspecified atom stereocenters. The van der Waals surface area contributed by atoms with E-state index in [0.717, 1.165) is 18.7 Å². The third-order valence-corrected chi connectivity index (χ3v) is 4.22. The normalized spacial score (nSPS) is 22.6. The van der Waals surface area contributed by atoms with Crippen molar-refractivity contribution in [3.8, 4) is 0 Å². The summed E-state index contributed by atoms with van der Waals surface area (Å²) in [5.74, 6) is -1.70. The van der Waals surface area contributed by atoms with Gasteiger partial charge in [0.15, 0.2) is 0 Å². The van der Waals surface area contributed by atoms with Crippen LogP contribution in [0, 0.1) is 11.7 Å². The molecule has 2 rings (SSSR count). The van der Waals surface area contributed by atoms with Gasteiger partial charge in [-0.2, -0.15) is 13.2 Å². The van der Waals surface area contributed by atoms with E-state index in [2.05, 4.69) is 10.2 Å². The van der Waals surface area contributed by atoms with Crippen molar-refractivity contribution in [2.24, 2.45) is 5.92 Å². The van der Waals surface area contributed by atoms with Crippen molar-refractivity contribution >= 4 is 5.91 Å². The SMILES string of the molecule is CC(C)N1C[C@H](C)[C@H](NC(=O)c2ccc(F)cc2C(F)(F)F)C1. The van der Waals surface area contributed by atoms with E-state index in [4.69, 9.17) is 0 Å². The molecule has 0 aromatic heterocycles. The summed E-state index contributed by atoms with van der Waals surface area (Å²) in [6.45, 7) is 7.37. The Hall–Kier alpha value is -1.63. The Kier molecular flexibility index (Phi) is 4.98. The minimum absolute atomic E-state index is 0.135. The molecular formula is C16H20F4N2O. The molecule has 0 saturated carbocycles. The predicted molar refractivity (Wildman–Crippen MR) is 78.5 cm³/mol. The van der Waals surface area contributed by atoms with E-state index in [1.165, 1.54) is 0 Å². The zero-order valence-electron chi connectivity index (χ0n) is 13.2. The molecule has 1 saturated heterocycles. The lowest BCUT2D eigenvalue weighted by molar-refractivity contribution is -0.138. The number of halogens is 4. The van der Waals surface area contributed by atoms with Crippen LogP contribution in [0.15, 0.2) is 18.2 Å². The van der Waals surface area contributed by atoms with Crippen molar-refractivity contribution in [1.82, 2.24) is 10.2 Å². The summed E-state index contributed by atoms with van der Waals surface area (Å²) in [4.78, 5) is 14.4. The predicted octanol–water partition coefficient (Wildman–Crippen LogP) is 3.30. The second-order valence-electron chi connectivity index (χ2n) is 6.29. The summed E-state index contributed by atoms with van der Waals surface area (Å²) in [5.41, 5.74) is -1.80. The van der Waals surface area contributed by atoms with E-state index in [0.29, 0.717) is 18.7 Å². The van der Waals surface area contributed by atoms with Crippen LogP contribution in [0.3, 0.4) is 0 Å². The molecule has 7 heteroatoms. The second kappa shape index (κ2) is 6.47. The van der Waals surface area contributed by atoms with Crippen molar-refractivity contribution in [2.45, 2.75) is 39.0 Å². The number of nitrogens with zero attached hydrogens (tertiary/aromatic N) is 1. The number of amides is 1. The number of likely N-dealkylation sites (tertiary alicyclic amines) is 1. The highest BCUT2D eigenvalue weighted by Crippen LogP contribution is 2.32. The zero-order valence-corrected chi connectivity index (χ0v) is 13.2. The van der Waals surface area contributed by atoms with E-state index >= 15 is 0 Å². The van der Waals surface area contributed by atoms with Crippen LogP contribution >= 0.6 is 0 Å².